The molecule has 0 radical (unpaired) electrons. The molecule has 3 heterocycles. The fraction of sp³-hybridized carbons (Fsp3) is 0.435. The molecule has 1 saturated heterocycles. The lowest BCUT2D eigenvalue weighted by Gasteiger charge is -2.17. The first-order valence-corrected chi connectivity index (χ1v) is 11.7. The predicted molar refractivity (Wildman–Crippen MR) is 127 cm³/mol. The maximum absolute atomic E-state index is 13.9. The van der Waals surface area contributed by atoms with Gasteiger partial charge >= 0.3 is 0 Å². The van der Waals surface area contributed by atoms with Gasteiger partial charge in [-0.3, -0.25) is 4.79 Å². The average molecular weight is 474 g/mol. The van der Waals surface area contributed by atoms with Crippen LogP contribution in [0.25, 0.3) is 10.2 Å². The van der Waals surface area contributed by atoms with E-state index >= 15 is 0 Å². The highest BCUT2D eigenvalue weighted by Crippen LogP contribution is 2.37. The van der Waals surface area contributed by atoms with Gasteiger partial charge in [0.05, 0.1) is 29.2 Å². The average Bonchev–Trinajstić information content (AvgIpc) is 3.41. The van der Waals surface area contributed by atoms with Crippen LogP contribution in [0.2, 0.25) is 0 Å². The number of nitrogens with one attached hydrogen (secondary N) is 2. The maximum Gasteiger partial charge on any atom is 0.261 e. The topological polar surface area (TPSA) is 88.6 Å². The van der Waals surface area contributed by atoms with Crippen LogP contribution in [0, 0.1) is 12.7 Å². The third-order valence-electron chi connectivity index (χ3n) is 5.38. The van der Waals surface area contributed by atoms with E-state index in [0.717, 1.165) is 30.3 Å². The number of thiophene rings is 1. The predicted octanol–water partition coefficient (Wildman–Crippen LogP) is 3.73. The molecule has 1 atom stereocenters. The summed E-state index contributed by atoms with van der Waals surface area (Å²) >= 11 is 1.33. The maximum atomic E-state index is 13.9. The van der Waals surface area contributed by atoms with Crippen molar-refractivity contribution in [3.05, 3.63) is 40.8 Å². The van der Waals surface area contributed by atoms with Crippen LogP contribution in [-0.4, -0.2) is 67.3 Å². The Morgan fingerprint density at radius 3 is 2.97 bits per heavy atom. The Labute approximate surface area is 196 Å². The van der Waals surface area contributed by atoms with Crippen molar-refractivity contribution in [2.24, 2.45) is 0 Å². The van der Waals surface area contributed by atoms with E-state index in [2.05, 4.69) is 25.5 Å². The molecular weight excluding hydrogens is 445 g/mol. The molecule has 176 valence electrons. The molecule has 0 bridgehead atoms. The molecule has 1 aliphatic rings. The first-order valence-electron chi connectivity index (χ1n) is 10.9. The Morgan fingerprint density at radius 1 is 1.36 bits per heavy atom. The number of hydrogen-bond acceptors (Lipinski definition) is 8. The summed E-state index contributed by atoms with van der Waals surface area (Å²) in [5.41, 5.74) is 1.39. The van der Waals surface area contributed by atoms with Gasteiger partial charge in [0.2, 0.25) is 0 Å². The quantitative estimate of drug-likeness (QED) is 0.458. The minimum absolute atomic E-state index is 0.118. The van der Waals surface area contributed by atoms with E-state index in [-0.39, 0.29) is 17.8 Å². The second-order valence-corrected chi connectivity index (χ2v) is 9.24. The van der Waals surface area contributed by atoms with E-state index in [1.54, 1.807) is 6.07 Å². The molecule has 1 fully saturated rings. The molecule has 0 spiro atoms. The second kappa shape index (κ2) is 10.4. The van der Waals surface area contributed by atoms with Crippen LogP contribution < -0.4 is 15.4 Å². The van der Waals surface area contributed by atoms with E-state index in [1.807, 2.05) is 21.0 Å². The van der Waals surface area contributed by atoms with Gasteiger partial charge in [0.25, 0.3) is 5.91 Å². The van der Waals surface area contributed by atoms with Crippen molar-refractivity contribution in [3.63, 3.8) is 0 Å². The third kappa shape index (κ3) is 5.58. The number of carbonyl (C=O) groups excluding carboxylic acids is 1. The second-order valence-electron chi connectivity index (χ2n) is 8.24. The molecule has 3 aromatic rings. The number of ether oxygens (including phenoxy) is 2. The molecule has 0 aliphatic carbocycles. The zero-order valence-corrected chi connectivity index (χ0v) is 19.8. The first-order chi connectivity index (χ1) is 15.9. The number of aromatic nitrogens is 2. The Kier molecular flexibility index (Phi) is 7.36. The Bertz CT molecular complexity index is 1130. The summed E-state index contributed by atoms with van der Waals surface area (Å²) < 4.78 is 25.3. The minimum atomic E-state index is -0.387. The summed E-state index contributed by atoms with van der Waals surface area (Å²) in [5.74, 6) is 0.429. The van der Waals surface area contributed by atoms with E-state index in [1.165, 1.54) is 29.8 Å². The van der Waals surface area contributed by atoms with Crippen molar-refractivity contribution >= 4 is 39.0 Å². The smallest absolute Gasteiger partial charge is 0.261 e. The summed E-state index contributed by atoms with van der Waals surface area (Å²) in [5, 5.41) is 7.01. The fourth-order valence-electron chi connectivity index (χ4n) is 3.67. The lowest BCUT2D eigenvalue weighted by Crippen LogP contribution is -2.26. The number of aryl methyl sites for hydroxylation is 1. The number of carbonyl (C=O) groups is 1. The Hall–Kier alpha value is -2.82. The van der Waals surface area contributed by atoms with Gasteiger partial charge in [-0.1, -0.05) is 0 Å². The van der Waals surface area contributed by atoms with Gasteiger partial charge in [-0.25, -0.2) is 14.4 Å². The van der Waals surface area contributed by atoms with Gasteiger partial charge in [0, 0.05) is 19.0 Å². The van der Waals surface area contributed by atoms with E-state index in [0.29, 0.717) is 46.7 Å². The molecule has 1 amide bonds. The number of fused-ring (bicyclic) bond motifs is 1. The van der Waals surface area contributed by atoms with Crippen molar-refractivity contribution < 1.29 is 18.7 Å². The highest BCUT2D eigenvalue weighted by molar-refractivity contribution is 7.20. The van der Waals surface area contributed by atoms with Gasteiger partial charge in [-0.05, 0) is 51.7 Å². The van der Waals surface area contributed by atoms with Crippen molar-refractivity contribution in [2.45, 2.75) is 25.9 Å². The normalized spacial score (nSPS) is 15.8. The summed E-state index contributed by atoms with van der Waals surface area (Å²) in [4.78, 5) is 24.9. The highest BCUT2D eigenvalue weighted by atomic mass is 32.1. The van der Waals surface area contributed by atoms with Gasteiger partial charge in [-0.15, -0.1) is 11.3 Å². The Morgan fingerprint density at radius 2 is 2.21 bits per heavy atom. The van der Waals surface area contributed by atoms with Gasteiger partial charge < -0.3 is 25.0 Å². The van der Waals surface area contributed by atoms with Gasteiger partial charge in [0.1, 0.15) is 34.6 Å². The van der Waals surface area contributed by atoms with Crippen LogP contribution in [0.15, 0.2) is 24.5 Å². The van der Waals surface area contributed by atoms with Crippen LogP contribution in [-0.2, 0) is 4.74 Å². The summed E-state index contributed by atoms with van der Waals surface area (Å²) in [7, 11) is 4.01. The summed E-state index contributed by atoms with van der Waals surface area (Å²) in [6.07, 6.45) is 2.95. The molecule has 0 saturated carbocycles. The van der Waals surface area contributed by atoms with E-state index < -0.39 is 0 Å². The zero-order valence-electron chi connectivity index (χ0n) is 19.0. The number of amides is 1. The lowest BCUT2D eigenvalue weighted by molar-refractivity contribution is 0.0956. The number of halogens is 1. The number of nitrogens with zero attached hydrogens (tertiary/aromatic N) is 3. The van der Waals surface area contributed by atoms with Crippen LogP contribution in [0.4, 0.5) is 15.9 Å². The Balaban J connectivity index is 1.57. The first kappa shape index (κ1) is 23.3. The largest absolute Gasteiger partial charge is 0.486 e. The zero-order chi connectivity index (χ0) is 23.4. The molecule has 1 aliphatic heterocycles. The third-order valence-corrected chi connectivity index (χ3v) is 6.58. The number of hydrogen-bond donors (Lipinski definition) is 2. The van der Waals surface area contributed by atoms with E-state index in [9.17, 15) is 9.18 Å². The molecule has 1 aromatic carbocycles. The molecule has 2 aromatic heterocycles. The van der Waals surface area contributed by atoms with Gasteiger partial charge in [0.15, 0.2) is 0 Å². The highest BCUT2D eigenvalue weighted by Gasteiger charge is 2.22. The minimum Gasteiger partial charge on any atom is -0.486 e. The standard InChI is InChI=1S/C23H28FN5O3S/c1-14-19-21(28-17-6-5-15(24)11-18(17)32-16-7-10-31-12-16)26-13-27-23(19)33-20(14)22(30)25-8-4-9-29(2)3/h5-6,11,13,16H,4,7-10,12H2,1-3H3,(H,25,30)(H,26,27,28). The van der Waals surface area contributed by atoms with Crippen molar-refractivity contribution in [1.82, 2.24) is 20.2 Å². The molecule has 1 unspecified atom stereocenters. The van der Waals surface area contributed by atoms with E-state index in [4.69, 9.17) is 9.47 Å². The monoisotopic (exact) mass is 473 g/mol. The molecule has 4 rings (SSSR count). The van der Waals surface area contributed by atoms with Crippen LogP contribution in [0.1, 0.15) is 28.1 Å². The van der Waals surface area contributed by atoms with Crippen molar-refractivity contribution in [1.29, 1.82) is 0 Å². The van der Waals surface area contributed by atoms with Crippen LogP contribution >= 0.6 is 11.3 Å². The van der Waals surface area contributed by atoms with Gasteiger partial charge in [-0.2, -0.15) is 0 Å². The number of benzene rings is 1. The molecule has 33 heavy (non-hydrogen) atoms. The molecule has 2 N–H and O–H groups in total. The molecule has 10 heteroatoms. The lowest BCUT2D eigenvalue weighted by atomic mass is 10.2. The molecular formula is C23H28FN5O3S. The van der Waals surface area contributed by atoms with Crippen molar-refractivity contribution in [3.8, 4) is 5.75 Å². The number of rotatable bonds is 9. The fourth-order valence-corrected chi connectivity index (χ4v) is 4.74. The SMILES string of the molecule is Cc1c(C(=O)NCCCN(C)C)sc2ncnc(Nc3ccc(F)cc3OC3CCOC3)c12. The van der Waals surface area contributed by atoms with Crippen LogP contribution in [0.5, 0.6) is 5.75 Å². The van der Waals surface area contributed by atoms with Crippen molar-refractivity contribution in [2.75, 3.05) is 45.7 Å². The summed E-state index contributed by atoms with van der Waals surface area (Å²) in [6.45, 7) is 4.50. The molecule has 8 nitrogen and oxygen atoms in total. The summed E-state index contributed by atoms with van der Waals surface area (Å²) in [6, 6.07) is 4.34. The number of anilines is 2. The van der Waals surface area contributed by atoms with Crippen LogP contribution in [0.3, 0.4) is 0 Å².